The van der Waals surface area contributed by atoms with E-state index in [1.54, 1.807) is 43.3 Å². The molecule has 0 saturated carbocycles. The van der Waals surface area contributed by atoms with Crippen LogP contribution in [0.5, 0.6) is 0 Å². The van der Waals surface area contributed by atoms with Crippen molar-refractivity contribution in [2.45, 2.75) is 37.2 Å². The molecule has 0 bridgehead atoms. The Morgan fingerprint density at radius 2 is 1.76 bits per heavy atom. The SMILES string of the molecule is CNC(=O)C(C)N(Cc1ccccc1F)C(=O)CCCN1c2cccc3cccc(c23)S1(=O)=O. The van der Waals surface area contributed by atoms with Crippen molar-refractivity contribution in [3.05, 3.63) is 72.0 Å². The number of sulfonamides is 1. The fraction of sp³-hybridized carbons (Fsp3) is 0.280. The number of benzene rings is 3. The van der Waals surface area contributed by atoms with Gasteiger partial charge in [0.2, 0.25) is 11.8 Å². The van der Waals surface area contributed by atoms with E-state index in [9.17, 15) is 22.4 Å². The third-order valence-electron chi connectivity index (χ3n) is 6.15. The average molecular weight is 484 g/mol. The largest absolute Gasteiger partial charge is 0.357 e. The second-order valence-electron chi connectivity index (χ2n) is 8.22. The fourth-order valence-electron chi connectivity index (χ4n) is 4.32. The van der Waals surface area contributed by atoms with Crippen LogP contribution in [0.25, 0.3) is 10.8 Å². The minimum Gasteiger partial charge on any atom is -0.357 e. The molecule has 2 amide bonds. The van der Waals surface area contributed by atoms with Gasteiger partial charge in [-0.25, -0.2) is 12.8 Å². The number of amides is 2. The van der Waals surface area contributed by atoms with Crippen LogP contribution in [-0.2, 0) is 26.2 Å². The van der Waals surface area contributed by atoms with Gasteiger partial charge in [0, 0.05) is 37.5 Å². The highest BCUT2D eigenvalue weighted by Gasteiger charge is 2.35. The molecule has 1 aliphatic rings. The van der Waals surface area contributed by atoms with Crippen molar-refractivity contribution >= 4 is 38.3 Å². The smallest absolute Gasteiger partial charge is 0.265 e. The van der Waals surface area contributed by atoms with Gasteiger partial charge in [-0.05, 0) is 36.9 Å². The molecule has 0 spiro atoms. The Labute approximate surface area is 198 Å². The van der Waals surface area contributed by atoms with Crippen LogP contribution in [0.2, 0.25) is 0 Å². The number of halogens is 1. The molecule has 0 saturated heterocycles. The van der Waals surface area contributed by atoms with Gasteiger partial charge in [0.05, 0.1) is 10.6 Å². The predicted molar refractivity (Wildman–Crippen MR) is 128 cm³/mol. The zero-order valence-electron chi connectivity index (χ0n) is 19.0. The van der Waals surface area contributed by atoms with Crippen molar-refractivity contribution < 1.29 is 22.4 Å². The Morgan fingerprint density at radius 1 is 1.06 bits per heavy atom. The van der Waals surface area contributed by atoms with Gasteiger partial charge in [-0.2, -0.15) is 0 Å². The van der Waals surface area contributed by atoms with Gasteiger partial charge in [-0.15, -0.1) is 0 Å². The van der Waals surface area contributed by atoms with Crippen LogP contribution in [0.15, 0.2) is 65.6 Å². The van der Waals surface area contributed by atoms with E-state index in [1.165, 1.54) is 22.3 Å². The summed E-state index contributed by atoms with van der Waals surface area (Å²) in [5.74, 6) is -1.18. The molecule has 9 heteroatoms. The summed E-state index contributed by atoms with van der Waals surface area (Å²) in [6.07, 6.45) is 0.255. The van der Waals surface area contributed by atoms with Gasteiger partial charge in [0.1, 0.15) is 11.9 Å². The topological polar surface area (TPSA) is 86.8 Å². The van der Waals surface area contributed by atoms with Gasteiger partial charge in [0.15, 0.2) is 0 Å². The van der Waals surface area contributed by atoms with E-state index in [0.717, 1.165) is 5.39 Å². The lowest BCUT2D eigenvalue weighted by Gasteiger charge is -2.29. The van der Waals surface area contributed by atoms with E-state index >= 15 is 0 Å². The maximum Gasteiger partial charge on any atom is 0.265 e. The molecule has 3 aromatic carbocycles. The summed E-state index contributed by atoms with van der Waals surface area (Å²) in [4.78, 5) is 27.0. The molecule has 7 nitrogen and oxygen atoms in total. The van der Waals surface area contributed by atoms with Crippen molar-refractivity contribution in [1.82, 2.24) is 10.2 Å². The number of hydrogen-bond acceptors (Lipinski definition) is 4. The third kappa shape index (κ3) is 4.23. The molecule has 1 heterocycles. The molecular weight excluding hydrogens is 457 g/mol. The van der Waals surface area contributed by atoms with Crippen molar-refractivity contribution in [2.75, 3.05) is 17.9 Å². The number of rotatable bonds is 8. The quantitative estimate of drug-likeness (QED) is 0.532. The molecule has 1 N–H and O–H groups in total. The highest BCUT2D eigenvalue weighted by molar-refractivity contribution is 7.93. The number of anilines is 1. The van der Waals surface area contributed by atoms with Crippen LogP contribution >= 0.6 is 0 Å². The Hall–Kier alpha value is -3.46. The molecule has 0 fully saturated rings. The summed E-state index contributed by atoms with van der Waals surface area (Å²) in [6.45, 7) is 1.64. The van der Waals surface area contributed by atoms with Crippen molar-refractivity contribution in [3.8, 4) is 0 Å². The summed E-state index contributed by atoms with van der Waals surface area (Å²) in [7, 11) is -2.24. The Kier molecular flexibility index (Phi) is 6.56. The minimum absolute atomic E-state index is 0.00806. The van der Waals surface area contributed by atoms with Crippen LogP contribution in [0.3, 0.4) is 0 Å². The first-order chi connectivity index (χ1) is 16.3. The Morgan fingerprint density at radius 3 is 2.47 bits per heavy atom. The molecule has 34 heavy (non-hydrogen) atoms. The second-order valence-corrected chi connectivity index (χ2v) is 10.0. The third-order valence-corrected chi connectivity index (χ3v) is 8.00. The van der Waals surface area contributed by atoms with Crippen LogP contribution in [-0.4, -0.2) is 44.8 Å². The molecule has 0 aromatic heterocycles. The number of carbonyl (C=O) groups is 2. The second kappa shape index (κ2) is 9.42. The molecule has 1 unspecified atom stereocenters. The van der Waals surface area contributed by atoms with Crippen molar-refractivity contribution in [3.63, 3.8) is 0 Å². The van der Waals surface area contributed by atoms with E-state index in [4.69, 9.17) is 0 Å². The first kappa shape index (κ1) is 23.7. The number of hydrogen-bond donors (Lipinski definition) is 1. The first-order valence-electron chi connectivity index (χ1n) is 11.0. The monoisotopic (exact) mass is 483 g/mol. The van der Waals surface area contributed by atoms with Crippen LogP contribution in [0, 0.1) is 5.82 Å². The summed E-state index contributed by atoms with van der Waals surface area (Å²) in [5, 5.41) is 4.05. The lowest BCUT2D eigenvalue weighted by atomic mass is 10.1. The van der Waals surface area contributed by atoms with Gasteiger partial charge >= 0.3 is 0 Å². The van der Waals surface area contributed by atoms with E-state index in [1.807, 2.05) is 18.2 Å². The Balaban J connectivity index is 1.51. The van der Waals surface area contributed by atoms with Gasteiger partial charge < -0.3 is 10.2 Å². The van der Waals surface area contributed by atoms with Crippen LogP contribution in [0.4, 0.5) is 10.1 Å². The molecule has 0 radical (unpaired) electrons. The zero-order chi connectivity index (χ0) is 24.5. The van der Waals surface area contributed by atoms with Gasteiger partial charge in [-0.3, -0.25) is 13.9 Å². The summed E-state index contributed by atoms with van der Waals surface area (Å²) < 4.78 is 41.8. The normalized spacial score (nSPS) is 14.7. The van der Waals surface area contributed by atoms with Crippen LogP contribution < -0.4 is 9.62 Å². The molecule has 4 rings (SSSR count). The molecule has 0 aliphatic carbocycles. The lowest BCUT2D eigenvalue weighted by molar-refractivity contribution is -0.140. The molecule has 178 valence electrons. The average Bonchev–Trinajstić information content (AvgIpc) is 3.05. The number of nitrogens with zero attached hydrogens (tertiary/aromatic N) is 2. The number of likely N-dealkylation sites (N-methyl/N-ethyl adjacent to an activating group) is 1. The standard InChI is InChI=1S/C25H26FN3O4S/c1-17(25(31)27-2)28(16-19-8-3-4-11-20(19)26)23(30)14-7-15-29-21-12-5-9-18-10-6-13-22(24(18)21)34(29,32)33/h3-6,8-13,17H,7,14-16H2,1-2H3,(H,27,31). The maximum absolute atomic E-state index is 14.2. The minimum atomic E-state index is -3.71. The van der Waals surface area contributed by atoms with Crippen molar-refractivity contribution in [1.29, 1.82) is 0 Å². The van der Waals surface area contributed by atoms with E-state index in [0.29, 0.717) is 16.6 Å². The van der Waals surface area contributed by atoms with Gasteiger partial charge in [0.25, 0.3) is 10.0 Å². The summed E-state index contributed by atoms with van der Waals surface area (Å²) in [6, 6.07) is 15.9. The molecule has 1 atom stereocenters. The van der Waals surface area contributed by atoms with E-state index in [2.05, 4.69) is 5.32 Å². The molecule has 1 aliphatic heterocycles. The van der Waals surface area contributed by atoms with Crippen LogP contribution in [0.1, 0.15) is 25.3 Å². The predicted octanol–water partition coefficient (Wildman–Crippen LogP) is 3.43. The Bertz CT molecular complexity index is 1350. The maximum atomic E-state index is 14.2. The van der Waals surface area contributed by atoms with E-state index in [-0.39, 0.29) is 42.6 Å². The molecule has 3 aromatic rings. The molecular formula is C25H26FN3O4S. The summed E-state index contributed by atoms with van der Waals surface area (Å²) in [5.41, 5.74) is 0.901. The highest BCUT2D eigenvalue weighted by Crippen LogP contribution is 2.42. The number of carbonyl (C=O) groups excluding carboxylic acids is 2. The zero-order valence-corrected chi connectivity index (χ0v) is 19.8. The number of nitrogens with one attached hydrogen (secondary N) is 1. The highest BCUT2D eigenvalue weighted by atomic mass is 32.2. The van der Waals surface area contributed by atoms with Gasteiger partial charge in [-0.1, -0.05) is 42.5 Å². The fourth-order valence-corrected chi connectivity index (χ4v) is 6.07. The van der Waals surface area contributed by atoms with E-state index < -0.39 is 21.9 Å². The lowest BCUT2D eigenvalue weighted by Crippen LogP contribution is -2.47. The van der Waals surface area contributed by atoms with Crippen molar-refractivity contribution in [2.24, 2.45) is 0 Å². The summed E-state index contributed by atoms with van der Waals surface area (Å²) >= 11 is 0. The first-order valence-corrected chi connectivity index (χ1v) is 12.5.